The minimum Gasteiger partial charge on any atom is -0.394 e. The number of anilines is 2. The number of thiophene rings is 1. The van der Waals surface area contributed by atoms with Crippen LogP contribution in [0, 0.1) is 0 Å². The average Bonchev–Trinajstić information content (AvgIpc) is 2.87. The SMILES string of the molecule is CCNc1nc(NCCOCCO)c2ccsc2n1. The van der Waals surface area contributed by atoms with Gasteiger partial charge in [-0.25, -0.2) is 4.98 Å². The first kappa shape index (κ1) is 14.0. The van der Waals surface area contributed by atoms with Gasteiger partial charge < -0.3 is 20.5 Å². The molecule has 0 spiro atoms. The predicted molar refractivity (Wildman–Crippen MR) is 78.0 cm³/mol. The van der Waals surface area contributed by atoms with Gasteiger partial charge in [0.2, 0.25) is 5.95 Å². The molecule has 0 saturated heterocycles. The lowest BCUT2D eigenvalue weighted by Crippen LogP contribution is -2.13. The molecule has 0 atom stereocenters. The molecule has 0 aliphatic carbocycles. The zero-order valence-electron chi connectivity index (χ0n) is 10.8. The largest absolute Gasteiger partial charge is 0.394 e. The highest BCUT2D eigenvalue weighted by atomic mass is 32.1. The van der Waals surface area contributed by atoms with Crippen LogP contribution in [0.1, 0.15) is 6.92 Å². The number of ether oxygens (including phenoxy) is 1. The minimum absolute atomic E-state index is 0.0485. The highest BCUT2D eigenvalue weighted by Crippen LogP contribution is 2.26. The average molecular weight is 282 g/mol. The normalized spacial score (nSPS) is 10.8. The van der Waals surface area contributed by atoms with E-state index >= 15 is 0 Å². The van der Waals surface area contributed by atoms with Gasteiger partial charge in [0.15, 0.2) is 0 Å². The third-order valence-electron chi connectivity index (χ3n) is 2.43. The summed E-state index contributed by atoms with van der Waals surface area (Å²) in [5.41, 5.74) is 0. The van der Waals surface area contributed by atoms with E-state index in [0.717, 1.165) is 22.6 Å². The molecule has 0 saturated carbocycles. The molecule has 2 rings (SSSR count). The Kier molecular flexibility index (Phi) is 5.31. The molecule has 0 unspecified atom stereocenters. The van der Waals surface area contributed by atoms with E-state index in [1.165, 1.54) is 0 Å². The fourth-order valence-corrected chi connectivity index (χ4v) is 2.40. The van der Waals surface area contributed by atoms with E-state index in [1.54, 1.807) is 11.3 Å². The summed E-state index contributed by atoms with van der Waals surface area (Å²) in [6.45, 7) is 4.39. The molecule has 2 aromatic rings. The molecule has 0 bridgehead atoms. The minimum atomic E-state index is 0.0485. The van der Waals surface area contributed by atoms with Gasteiger partial charge in [-0.1, -0.05) is 0 Å². The summed E-state index contributed by atoms with van der Waals surface area (Å²) < 4.78 is 5.21. The number of hydrogen-bond donors (Lipinski definition) is 3. The van der Waals surface area contributed by atoms with E-state index < -0.39 is 0 Å². The van der Waals surface area contributed by atoms with Crippen molar-refractivity contribution in [3.8, 4) is 0 Å². The Balaban J connectivity index is 2.04. The monoisotopic (exact) mass is 282 g/mol. The van der Waals surface area contributed by atoms with Crippen LogP contribution in [0.5, 0.6) is 0 Å². The Hall–Kier alpha value is -1.44. The van der Waals surface area contributed by atoms with Gasteiger partial charge in [0.25, 0.3) is 0 Å². The molecule has 0 aliphatic rings. The van der Waals surface area contributed by atoms with E-state index in [-0.39, 0.29) is 6.61 Å². The van der Waals surface area contributed by atoms with Gasteiger partial charge in [-0.2, -0.15) is 4.98 Å². The molecule has 3 N–H and O–H groups in total. The number of nitrogens with zero attached hydrogens (tertiary/aromatic N) is 2. The second kappa shape index (κ2) is 7.22. The number of fused-ring (bicyclic) bond motifs is 1. The maximum Gasteiger partial charge on any atom is 0.226 e. The van der Waals surface area contributed by atoms with Crippen molar-refractivity contribution in [1.82, 2.24) is 9.97 Å². The molecule has 7 heteroatoms. The van der Waals surface area contributed by atoms with Crippen LogP contribution in [0.15, 0.2) is 11.4 Å². The van der Waals surface area contributed by atoms with Crippen molar-refractivity contribution in [2.45, 2.75) is 6.92 Å². The second-order valence-electron chi connectivity index (χ2n) is 3.83. The third kappa shape index (κ3) is 3.76. The number of aliphatic hydroxyl groups excluding tert-OH is 1. The Morgan fingerprint density at radius 3 is 3.00 bits per heavy atom. The van der Waals surface area contributed by atoms with Crippen LogP contribution in [0.3, 0.4) is 0 Å². The summed E-state index contributed by atoms with van der Waals surface area (Å²) in [5.74, 6) is 1.45. The topological polar surface area (TPSA) is 79.3 Å². The fourth-order valence-electron chi connectivity index (χ4n) is 1.64. The molecular weight excluding hydrogens is 264 g/mol. The second-order valence-corrected chi connectivity index (χ2v) is 4.72. The molecule has 6 nitrogen and oxygen atoms in total. The number of aliphatic hydroxyl groups is 1. The van der Waals surface area contributed by atoms with Crippen molar-refractivity contribution in [1.29, 1.82) is 0 Å². The Bertz CT molecular complexity index is 517. The van der Waals surface area contributed by atoms with Crippen LogP contribution in [0.2, 0.25) is 0 Å². The molecular formula is C12H18N4O2S. The smallest absolute Gasteiger partial charge is 0.226 e. The van der Waals surface area contributed by atoms with E-state index in [0.29, 0.717) is 25.7 Å². The lowest BCUT2D eigenvalue weighted by molar-refractivity contribution is 0.0992. The van der Waals surface area contributed by atoms with Crippen molar-refractivity contribution in [3.05, 3.63) is 11.4 Å². The van der Waals surface area contributed by atoms with Crippen LogP contribution >= 0.6 is 11.3 Å². The molecule has 19 heavy (non-hydrogen) atoms. The first-order chi connectivity index (χ1) is 9.35. The van der Waals surface area contributed by atoms with Crippen LogP contribution in [-0.4, -0.2) is 48.0 Å². The Morgan fingerprint density at radius 2 is 2.21 bits per heavy atom. The van der Waals surface area contributed by atoms with Gasteiger partial charge in [0.1, 0.15) is 10.6 Å². The zero-order chi connectivity index (χ0) is 13.5. The molecule has 0 aromatic carbocycles. The van der Waals surface area contributed by atoms with E-state index in [4.69, 9.17) is 9.84 Å². The number of aromatic nitrogens is 2. The first-order valence-electron chi connectivity index (χ1n) is 6.26. The van der Waals surface area contributed by atoms with E-state index in [9.17, 15) is 0 Å². The Morgan fingerprint density at radius 1 is 1.32 bits per heavy atom. The summed E-state index contributed by atoms with van der Waals surface area (Å²) in [6.07, 6.45) is 0. The summed E-state index contributed by atoms with van der Waals surface area (Å²) in [5, 5.41) is 18.0. The van der Waals surface area contributed by atoms with Gasteiger partial charge in [0.05, 0.1) is 25.2 Å². The number of hydrogen-bond acceptors (Lipinski definition) is 7. The number of rotatable bonds is 8. The van der Waals surface area contributed by atoms with Gasteiger partial charge in [-0.15, -0.1) is 11.3 Å². The van der Waals surface area contributed by atoms with Crippen LogP contribution < -0.4 is 10.6 Å². The lowest BCUT2D eigenvalue weighted by Gasteiger charge is -2.09. The molecule has 0 aliphatic heterocycles. The van der Waals surface area contributed by atoms with Crippen molar-refractivity contribution in [2.24, 2.45) is 0 Å². The van der Waals surface area contributed by atoms with Gasteiger partial charge in [-0.05, 0) is 18.4 Å². The van der Waals surface area contributed by atoms with Crippen LogP contribution in [0.4, 0.5) is 11.8 Å². The summed E-state index contributed by atoms with van der Waals surface area (Å²) in [7, 11) is 0. The summed E-state index contributed by atoms with van der Waals surface area (Å²) in [6, 6.07) is 2.01. The zero-order valence-corrected chi connectivity index (χ0v) is 11.7. The highest BCUT2D eigenvalue weighted by molar-refractivity contribution is 7.16. The summed E-state index contributed by atoms with van der Waals surface area (Å²) >= 11 is 1.59. The molecule has 0 radical (unpaired) electrons. The van der Waals surface area contributed by atoms with Gasteiger partial charge in [0, 0.05) is 13.1 Å². The van der Waals surface area contributed by atoms with Gasteiger partial charge >= 0.3 is 0 Å². The number of nitrogens with one attached hydrogen (secondary N) is 2. The summed E-state index contributed by atoms with van der Waals surface area (Å²) in [4.78, 5) is 9.85. The quantitative estimate of drug-likeness (QED) is 0.637. The lowest BCUT2D eigenvalue weighted by atomic mass is 10.4. The van der Waals surface area contributed by atoms with E-state index in [2.05, 4.69) is 20.6 Å². The maximum absolute atomic E-state index is 8.62. The predicted octanol–water partition coefficient (Wildman–Crippen LogP) is 1.54. The van der Waals surface area contributed by atoms with Crippen molar-refractivity contribution < 1.29 is 9.84 Å². The van der Waals surface area contributed by atoms with Crippen molar-refractivity contribution in [3.63, 3.8) is 0 Å². The first-order valence-corrected chi connectivity index (χ1v) is 7.14. The highest BCUT2D eigenvalue weighted by Gasteiger charge is 2.07. The van der Waals surface area contributed by atoms with Crippen molar-refractivity contribution in [2.75, 3.05) is 43.5 Å². The fraction of sp³-hybridized carbons (Fsp3) is 0.500. The molecule has 0 amide bonds. The molecule has 104 valence electrons. The van der Waals surface area contributed by atoms with Crippen LogP contribution in [0.25, 0.3) is 10.2 Å². The van der Waals surface area contributed by atoms with Crippen molar-refractivity contribution >= 4 is 33.3 Å². The Labute approximate surface area is 115 Å². The molecule has 2 heterocycles. The third-order valence-corrected chi connectivity index (χ3v) is 3.24. The molecule has 2 aromatic heterocycles. The van der Waals surface area contributed by atoms with Crippen LogP contribution in [-0.2, 0) is 4.74 Å². The van der Waals surface area contributed by atoms with Gasteiger partial charge in [-0.3, -0.25) is 0 Å². The maximum atomic E-state index is 8.62. The molecule has 0 fully saturated rings. The van der Waals surface area contributed by atoms with E-state index in [1.807, 2.05) is 18.4 Å². The standard InChI is InChI=1S/C12H18N4O2S/c1-2-13-12-15-10(14-4-6-18-7-5-17)9-3-8-19-11(9)16-12/h3,8,17H,2,4-7H2,1H3,(H2,13,14,15,16).